The van der Waals surface area contributed by atoms with Crippen LogP contribution in [0, 0.1) is 0 Å². The van der Waals surface area contributed by atoms with Gasteiger partial charge in [-0.15, -0.1) is 0 Å². The number of hydrogen-bond donors (Lipinski definition) is 4. The van der Waals surface area contributed by atoms with Crippen LogP contribution in [0.5, 0.6) is 5.75 Å². The van der Waals surface area contributed by atoms with Gasteiger partial charge in [-0.3, -0.25) is 9.69 Å². The Hall–Kier alpha value is -3.95. The minimum absolute atomic E-state index is 0.0449. The van der Waals surface area contributed by atoms with E-state index in [0.717, 1.165) is 54.5 Å². The second-order valence-corrected chi connectivity index (χ2v) is 8.87. The Morgan fingerprint density at radius 2 is 1.57 bits per heavy atom. The summed E-state index contributed by atoms with van der Waals surface area (Å²) in [7, 11) is 1.69. The van der Waals surface area contributed by atoms with E-state index in [9.17, 15) is 4.79 Å². The van der Waals surface area contributed by atoms with Gasteiger partial charge in [0, 0.05) is 55.5 Å². The molecule has 0 aliphatic rings. The quantitative estimate of drug-likeness (QED) is 0.185. The maximum absolute atomic E-state index is 12.6. The molecule has 0 aliphatic carbocycles. The number of amides is 1. The highest BCUT2D eigenvalue weighted by molar-refractivity contribution is 5.94. The lowest BCUT2D eigenvalue weighted by atomic mass is 10.1. The monoisotopic (exact) mass is 501 g/mol. The highest BCUT2D eigenvalue weighted by atomic mass is 16.5. The zero-order chi connectivity index (χ0) is 25.7. The molecule has 0 radical (unpaired) electrons. The van der Waals surface area contributed by atoms with Gasteiger partial charge in [-0.1, -0.05) is 30.3 Å². The number of nitrogens with zero attached hydrogens (tertiary/aromatic N) is 3. The Labute approximate surface area is 217 Å². The van der Waals surface area contributed by atoms with Crippen molar-refractivity contribution in [2.45, 2.75) is 39.0 Å². The maximum atomic E-state index is 12.6. The predicted octanol–water partition coefficient (Wildman–Crippen LogP) is 3.64. The summed E-state index contributed by atoms with van der Waals surface area (Å²) in [6.07, 6.45) is 9.06. The van der Waals surface area contributed by atoms with Gasteiger partial charge in [0.15, 0.2) is 0 Å². The summed E-state index contributed by atoms with van der Waals surface area (Å²) in [6, 6.07) is 15.8. The fraction of sp³-hybridized carbons (Fsp3) is 0.321. The minimum atomic E-state index is -0.0449. The fourth-order valence-electron chi connectivity index (χ4n) is 4.13. The van der Waals surface area contributed by atoms with Crippen LogP contribution in [0.25, 0.3) is 0 Å². The van der Waals surface area contributed by atoms with Crippen molar-refractivity contribution in [3.63, 3.8) is 0 Å². The van der Waals surface area contributed by atoms with Crippen LogP contribution in [0.1, 0.15) is 46.0 Å². The zero-order valence-electron chi connectivity index (χ0n) is 21.2. The molecule has 37 heavy (non-hydrogen) atoms. The Balaban J connectivity index is 1.17. The molecule has 9 heteroatoms. The van der Waals surface area contributed by atoms with E-state index in [-0.39, 0.29) is 5.91 Å². The van der Waals surface area contributed by atoms with Crippen molar-refractivity contribution in [2.75, 3.05) is 20.2 Å². The molecule has 1 amide bonds. The molecular formula is C28H35N7O2. The number of methoxy groups -OCH3 is 1. The molecule has 0 aliphatic heterocycles. The lowest BCUT2D eigenvalue weighted by Gasteiger charge is -2.20. The van der Waals surface area contributed by atoms with Crippen molar-refractivity contribution in [3.8, 4) is 5.75 Å². The number of unbranched alkanes of at least 4 members (excludes halogenated alkanes) is 1. The first-order chi connectivity index (χ1) is 18.2. The first kappa shape index (κ1) is 26.1. The van der Waals surface area contributed by atoms with Crippen LogP contribution >= 0.6 is 0 Å². The van der Waals surface area contributed by atoms with Crippen LogP contribution in [0.15, 0.2) is 73.3 Å². The number of H-pyrrole nitrogens is 2. The molecule has 0 fully saturated rings. The van der Waals surface area contributed by atoms with E-state index in [2.05, 4.69) is 41.5 Å². The third-order valence-electron chi connectivity index (χ3n) is 6.05. The number of carbonyl (C=O) groups excluding carboxylic acids is 1. The molecule has 4 N–H and O–H groups in total. The van der Waals surface area contributed by atoms with Crippen LogP contribution in [-0.2, 0) is 26.2 Å². The van der Waals surface area contributed by atoms with Crippen LogP contribution in [-0.4, -0.2) is 50.9 Å². The summed E-state index contributed by atoms with van der Waals surface area (Å²) < 4.78 is 5.38. The van der Waals surface area contributed by atoms with Crippen molar-refractivity contribution in [1.29, 1.82) is 0 Å². The molecule has 194 valence electrons. The average molecular weight is 502 g/mol. The smallest absolute Gasteiger partial charge is 0.251 e. The molecule has 0 saturated heterocycles. The fourth-order valence-corrected chi connectivity index (χ4v) is 4.13. The summed E-state index contributed by atoms with van der Waals surface area (Å²) >= 11 is 0. The largest absolute Gasteiger partial charge is 0.496 e. The number of para-hydroxylation sites is 1. The first-order valence-corrected chi connectivity index (χ1v) is 12.6. The Morgan fingerprint density at radius 3 is 2.22 bits per heavy atom. The van der Waals surface area contributed by atoms with Gasteiger partial charge in [-0.25, -0.2) is 9.97 Å². The van der Waals surface area contributed by atoms with E-state index in [4.69, 9.17) is 4.74 Å². The molecule has 9 nitrogen and oxygen atoms in total. The second kappa shape index (κ2) is 14.0. The van der Waals surface area contributed by atoms with Crippen molar-refractivity contribution >= 4 is 5.91 Å². The number of ether oxygens (including phenoxy) is 1. The lowest BCUT2D eigenvalue weighted by Crippen LogP contribution is -2.26. The third kappa shape index (κ3) is 8.30. The zero-order valence-corrected chi connectivity index (χ0v) is 21.2. The highest BCUT2D eigenvalue weighted by Gasteiger charge is 2.12. The number of aromatic amines is 2. The normalized spacial score (nSPS) is 11.1. The van der Waals surface area contributed by atoms with Crippen molar-refractivity contribution < 1.29 is 9.53 Å². The molecule has 2 heterocycles. The number of hydrogen-bond acceptors (Lipinski definition) is 6. The third-order valence-corrected chi connectivity index (χ3v) is 6.05. The van der Waals surface area contributed by atoms with E-state index in [0.29, 0.717) is 31.7 Å². The van der Waals surface area contributed by atoms with Gasteiger partial charge < -0.3 is 25.3 Å². The Bertz CT molecular complexity index is 1160. The molecule has 0 spiro atoms. The molecule has 4 rings (SSSR count). The highest BCUT2D eigenvalue weighted by Crippen LogP contribution is 2.16. The van der Waals surface area contributed by atoms with Gasteiger partial charge in [-0.05, 0) is 43.1 Å². The van der Waals surface area contributed by atoms with Crippen LogP contribution in [0.3, 0.4) is 0 Å². The summed E-state index contributed by atoms with van der Waals surface area (Å²) in [5, 5.41) is 6.46. The lowest BCUT2D eigenvalue weighted by molar-refractivity contribution is 0.0953. The van der Waals surface area contributed by atoms with Crippen LogP contribution in [0.2, 0.25) is 0 Å². The van der Waals surface area contributed by atoms with E-state index in [1.807, 2.05) is 54.9 Å². The van der Waals surface area contributed by atoms with Crippen molar-refractivity contribution in [3.05, 3.63) is 102 Å². The summed E-state index contributed by atoms with van der Waals surface area (Å²) in [5.74, 6) is 2.66. The van der Waals surface area contributed by atoms with Gasteiger partial charge in [-0.2, -0.15) is 0 Å². The van der Waals surface area contributed by atoms with E-state index >= 15 is 0 Å². The number of nitrogens with one attached hydrogen (secondary N) is 4. The molecule has 0 unspecified atom stereocenters. The van der Waals surface area contributed by atoms with Gasteiger partial charge in [0.25, 0.3) is 5.91 Å². The standard InChI is InChI=1S/C28H35N7O2/c1-37-25-7-3-2-6-24(25)18-29-12-4-5-13-34-28(36)23-10-8-22(9-11-23)19-35(20-26-30-14-15-31-26)21-27-32-16-17-33-27/h2-3,6-11,14-17,29H,4-5,12-13,18-21H2,1H3,(H,30,31)(H,32,33)(H,34,36). The Kier molecular flexibility index (Phi) is 9.85. The van der Waals surface area contributed by atoms with Crippen LogP contribution in [0.4, 0.5) is 0 Å². The van der Waals surface area contributed by atoms with E-state index in [1.165, 1.54) is 0 Å². The maximum Gasteiger partial charge on any atom is 0.251 e. The van der Waals surface area contributed by atoms with E-state index in [1.54, 1.807) is 19.5 Å². The van der Waals surface area contributed by atoms with Gasteiger partial charge in [0.05, 0.1) is 20.2 Å². The first-order valence-electron chi connectivity index (χ1n) is 12.6. The predicted molar refractivity (Wildman–Crippen MR) is 143 cm³/mol. The number of imidazole rings is 2. The van der Waals surface area contributed by atoms with Gasteiger partial charge in [0.1, 0.15) is 17.4 Å². The van der Waals surface area contributed by atoms with E-state index < -0.39 is 0 Å². The number of rotatable bonds is 15. The second-order valence-electron chi connectivity index (χ2n) is 8.87. The summed E-state index contributed by atoms with van der Waals surface area (Å²) in [4.78, 5) is 29.8. The molecule has 0 saturated carbocycles. The van der Waals surface area contributed by atoms with Crippen molar-refractivity contribution in [1.82, 2.24) is 35.5 Å². The van der Waals surface area contributed by atoms with Gasteiger partial charge in [0.2, 0.25) is 0 Å². The van der Waals surface area contributed by atoms with Gasteiger partial charge >= 0.3 is 0 Å². The van der Waals surface area contributed by atoms with Crippen molar-refractivity contribution in [2.24, 2.45) is 0 Å². The molecular weight excluding hydrogens is 466 g/mol. The minimum Gasteiger partial charge on any atom is -0.496 e. The summed E-state index contributed by atoms with van der Waals surface area (Å²) in [5.41, 5.74) is 2.93. The topological polar surface area (TPSA) is 111 Å². The molecule has 4 aromatic rings. The number of carbonyl (C=O) groups is 1. The molecule has 0 bridgehead atoms. The SMILES string of the molecule is COc1ccccc1CNCCCCNC(=O)c1ccc(CN(Cc2ncc[nH]2)Cc2ncc[nH]2)cc1. The summed E-state index contributed by atoms with van der Waals surface area (Å²) in [6.45, 7) is 4.35. The Morgan fingerprint density at radius 1 is 0.892 bits per heavy atom. The average Bonchev–Trinajstić information content (AvgIpc) is 3.63. The molecule has 2 aromatic carbocycles. The number of aromatic nitrogens is 4. The van der Waals surface area contributed by atoms with Crippen LogP contribution < -0.4 is 15.4 Å². The molecule has 2 aromatic heterocycles. The number of benzene rings is 2. The molecule has 0 atom stereocenters.